The summed E-state index contributed by atoms with van der Waals surface area (Å²) in [6, 6.07) is 7.78. The van der Waals surface area contributed by atoms with Gasteiger partial charge in [0.15, 0.2) is 0 Å². The zero-order chi connectivity index (χ0) is 24.4. The summed E-state index contributed by atoms with van der Waals surface area (Å²) in [5.74, 6) is 1.09. The highest BCUT2D eigenvalue weighted by molar-refractivity contribution is 5.99. The molecule has 1 aliphatic rings. The molecule has 0 bridgehead atoms. The van der Waals surface area contributed by atoms with E-state index in [1.54, 1.807) is 17.0 Å². The molecule has 0 spiro atoms. The van der Waals surface area contributed by atoms with Crippen molar-refractivity contribution in [3.8, 4) is 0 Å². The first kappa shape index (κ1) is 22.8. The zero-order valence-electron chi connectivity index (χ0n) is 20.0. The van der Waals surface area contributed by atoms with Crippen LogP contribution in [0.15, 0.2) is 41.5 Å². The summed E-state index contributed by atoms with van der Waals surface area (Å²) in [4.78, 5) is 43.4. The van der Waals surface area contributed by atoms with Crippen LogP contribution in [0, 0.1) is 5.92 Å². The van der Waals surface area contributed by atoms with Gasteiger partial charge in [0.2, 0.25) is 5.95 Å². The van der Waals surface area contributed by atoms with E-state index in [1.165, 1.54) is 0 Å². The third-order valence-electron chi connectivity index (χ3n) is 6.50. The highest BCUT2D eigenvalue weighted by Crippen LogP contribution is 2.30. The third kappa shape index (κ3) is 4.55. The van der Waals surface area contributed by atoms with Gasteiger partial charge in [0.25, 0.3) is 0 Å². The van der Waals surface area contributed by atoms with Crippen molar-refractivity contribution in [1.29, 1.82) is 0 Å². The van der Waals surface area contributed by atoms with Crippen molar-refractivity contribution in [3.63, 3.8) is 0 Å². The number of nitrogens with one attached hydrogen (secondary N) is 2. The van der Waals surface area contributed by atoms with E-state index in [9.17, 15) is 9.59 Å². The first-order valence-electron chi connectivity index (χ1n) is 12.1. The van der Waals surface area contributed by atoms with Crippen molar-refractivity contribution in [1.82, 2.24) is 24.5 Å². The van der Waals surface area contributed by atoms with E-state index in [0.717, 1.165) is 27.5 Å². The lowest BCUT2D eigenvalue weighted by atomic mass is 9.97. The number of aromatic nitrogens is 5. The van der Waals surface area contributed by atoms with Crippen molar-refractivity contribution in [3.05, 3.63) is 52.7 Å². The topological polar surface area (TPSA) is 118 Å². The molecule has 35 heavy (non-hydrogen) atoms. The van der Waals surface area contributed by atoms with Gasteiger partial charge in [-0.05, 0) is 56.5 Å². The molecule has 1 saturated heterocycles. The van der Waals surface area contributed by atoms with Gasteiger partial charge in [0.1, 0.15) is 5.82 Å². The summed E-state index contributed by atoms with van der Waals surface area (Å²) in [6.45, 7) is 6.65. The monoisotopic (exact) mass is 475 g/mol. The number of carbonyl (C=O) groups excluding carboxylic acids is 1. The van der Waals surface area contributed by atoms with Gasteiger partial charge < -0.3 is 19.9 Å². The number of esters is 1. The first-order valence-corrected chi connectivity index (χ1v) is 12.1. The predicted octanol–water partition coefficient (Wildman–Crippen LogP) is 3.08. The minimum Gasteiger partial charge on any atom is -0.466 e. The minimum atomic E-state index is -0.140. The van der Waals surface area contributed by atoms with E-state index in [4.69, 9.17) is 14.7 Å². The third-order valence-corrected chi connectivity index (χ3v) is 6.50. The molecule has 4 aromatic rings. The number of carbonyl (C=O) groups is 1. The Labute approximate surface area is 202 Å². The van der Waals surface area contributed by atoms with E-state index < -0.39 is 0 Å². The number of benzene rings is 1. The lowest BCUT2D eigenvalue weighted by molar-refractivity contribution is -0.148. The number of piperidine rings is 1. The van der Waals surface area contributed by atoms with Gasteiger partial charge in [-0.1, -0.05) is 0 Å². The molecule has 2 N–H and O–H groups in total. The number of imidazole rings is 1. The first-order chi connectivity index (χ1) is 17.1. The number of nitrogens with zero attached hydrogens (tertiary/aromatic N) is 5. The van der Waals surface area contributed by atoms with Crippen LogP contribution in [0.25, 0.3) is 21.9 Å². The second kappa shape index (κ2) is 9.73. The number of ether oxygens (including phenoxy) is 1. The number of fused-ring (bicyclic) bond motifs is 2. The Balaban J connectivity index is 1.51. The highest BCUT2D eigenvalue weighted by Gasteiger charge is 2.27. The molecule has 0 atom stereocenters. The Morgan fingerprint density at radius 3 is 2.66 bits per heavy atom. The maximum Gasteiger partial charge on any atom is 0.326 e. The molecule has 0 amide bonds. The van der Waals surface area contributed by atoms with E-state index in [2.05, 4.69) is 20.2 Å². The van der Waals surface area contributed by atoms with Gasteiger partial charge in [-0.15, -0.1) is 0 Å². The average Bonchev–Trinajstić information content (AvgIpc) is 3.20. The van der Waals surface area contributed by atoms with E-state index in [-0.39, 0.29) is 17.6 Å². The van der Waals surface area contributed by atoms with Crippen molar-refractivity contribution < 1.29 is 9.53 Å². The van der Waals surface area contributed by atoms with Gasteiger partial charge in [0.05, 0.1) is 29.1 Å². The fourth-order valence-corrected chi connectivity index (χ4v) is 4.62. The lowest BCUT2D eigenvalue weighted by Crippen LogP contribution is -2.38. The predicted molar refractivity (Wildman–Crippen MR) is 134 cm³/mol. The maximum atomic E-state index is 12.4. The van der Waals surface area contributed by atoms with Gasteiger partial charge in [-0.2, -0.15) is 4.98 Å². The fourth-order valence-electron chi connectivity index (χ4n) is 4.62. The summed E-state index contributed by atoms with van der Waals surface area (Å²) in [5, 5.41) is 4.28. The number of aryl methyl sites for hydroxylation is 1. The Kier molecular flexibility index (Phi) is 6.35. The molecule has 4 heterocycles. The molecule has 0 radical (unpaired) electrons. The number of aromatic amines is 1. The molecule has 0 aliphatic carbocycles. The molecule has 1 fully saturated rings. The lowest BCUT2D eigenvalue weighted by Gasteiger charge is -2.31. The summed E-state index contributed by atoms with van der Waals surface area (Å²) < 4.78 is 6.90. The summed E-state index contributed by atoms with van der Waals surface area (Å²) in [5.41, 5.74) is 3.26. The molecule has 5 rings (SSSR count). The number of rotatable bonds is 7. The molecule has 0 unspecified atom stereocenters. The van der Waals surface area contributed by atoms with Crippen molar-refractivity contribution in [2.75, 3.05) is 29.9 Å². The Morgan fingerprint density at radius 1 is 1.17 bits per heavy atom. The number of hydrogen-bond acceptors (Lipinski definition) is 8. The second-order valence-corrected chi connectivity index (χ2v) is 8.66. The van der Waals surface area contributed by atoms with Crippen molar-refractivity contribution >= 4 is 39.7 Å². The molecule has 182 valence electrons. The van der Waals surface area contributed by atoms with Crippen LogP contribution in [-0.2, 0) is 22.6 Å². The summed E-state index contributed by atoms with van der Waals surface area (Å²) in [7, 11) is 0. The fraction of sp³-hybridized carbons (Fsp3) is 0.400. The quantitative estimate of drug-likeness (QED) is 0.392. The van der Waals surface area contributed by atoms with Gasteiger partial charge in [-0.25, -0.2) is 9.78 Å². The molecule has 1 aromatic carbocycles. The molecule has 1 aliphatic heterocycles. The van der Waals surface area contributed by atoms with Crippen molar-refractivity contribution in [2.45, 2.75) is 39.8 Å². The number of hydrogen-bond donors (Lipinski definition) is 2. The second-order valence-electron chi connectivity index (χ2n) is 8.66. The SMILES string of the molecule is CCOC(=O)C1CCN(c2nc(NCc3ccncc3)c3cc4[nH]c(=O)n(CC)c4cc3n2)CC1. The smallest absolute Gasteiger partial charge is 0.326 e. The Morgan fingerprint density at radius 2 is 1.94 bits per heavy atom. The maximum absolute atomic E-state index is 12.4. The average molecular weight is 476 g/mol. The van der Waals surface area contributed by atoms with E-state index in [1.807, 2.05) is 38.1 Å². The van der Waals surface area contributed by atoms with Crippen LogP contribution in [-0.4, -0.2) is 50.2 Å². The van der Waals surface area contributed by atoms with Gasteiger partial charge in [-0.3, -0.25) is 14.3 Å². The Bertz CT molecular complexity index is 1410. The molecular formula is C25H29N7O3. The van der Waals surface area contributed by atoms with Crippen LogP contribution < -0.4 is 15.9 Å². The zero-order valence-corrected chi connectivity index (χ0v) is 20.0. The highest BCUT2D eigenvalue weighted by atomic mass is 16.5. The molecule has 10 nitrogen and oxygen atoms in total. The van der Waals surface area contributed by atoms with Crippen LogP contribution in [0.3, 0.4) is 0 Å². The molecule has 3 aromatic heterocycles. The van der Waals surface area contributed by atoms with Crippen LogP contribution in [0.2, 0.25) is 0 Å². The van der Waals surface area contributed by atoms with Gasteiger partial charge in [0, 0.05) is 44.0 Å². The number of anilines is 2. The minimum absolute atomic E-state index is 0.0885. The summed E-state index contributed by atoms with van der Waals surface area (Å²) in [6.07, 6.45) is 4.92. The molecular weight excluding hydrogens is 446 g/mol. The van der Waals surface area contributed by atoms with Crippen LogP contribution in [0.1, 0.15) is 32.3 Å². The van der Waals surface area contributed by atoms with Crippen LogP contribution >= 0.6 is 0 Å². The molecule has 0 saturated carbocycles. The van der Waals surface area contributed by atoms with E-state index >= 15 is 0 Å². The van der Waals surface area contributed by atoms with Crippen LogP contribution in [0.5, 0.6) is 0 Å². The van der Waals surface area contributed by atoms with Crippen LogP contribution in [0.4, 0.5) is 11.8 Å². The van der Waals surface area contributed by atoms with Crippen molar-refractivity contribution in [2.24, 2.45) is 5.92 Å². The normalized spacial score (nSPS) is 14.5. The largest absolute Gasteiger partial charge is 0.466 e. The standard InChI is InChI=1S/C25H29N7O3/c1-3-32-21-14-19-18(13-20(21)29-25(32)34)22(27-15-16-5-9-26-10-6-16)30-24(28-19)31-11-7-17(8-12-31)23(33)35-4-2/h5-6,9-10,13-14,17H,3-4,7-8,11-12,15H2,1-2H3,(H,29,34)(H,27,28,30). The number of H-pyrrole nitrogens is 1. The Hall–Kier alpha value is -3.95. The van der Waals surface area contributed by atoms with E-state index in [0.29, 0.717) is 57.4 Å². The van der Waals surface area contributed by atoms with Gasteiger partial charge >= 0.3 is 11.7 Å². The molecule has 10 heteroatoms. The summed E-state index contributed by atoms with van der Waals surface area (Å²) >= 11 is 0. The number of pyridine rings is 1.